The summed E-state index contributed by atoms with van der Waals surface area (Å²) in [6.45, 7) is 6.20. The van der Waals surface area contributed by atoms with E-state index >= 15 is 0 Å². The van der Waals surface area contributed by atoms with E-state index in [1.54, 1.807) is 13.2 Å². The van der Waals surface area contributed by atoms with Crippen LogP contribution in [0.25, 0.3) is 0 Å². The fraction of sp³-hybridized carbons (Fsp3) is 0.407. The van der Waals surface area contributed by atoms with Crippen molar-refractivity contribution < 1.29 is 17.9 Å². The zero-order valence-corrected chi connectivity index (χ0v) is 23.3. The van der Waals surface area contributed by atoms with Gasteiger partial charge in [-0.25, -0.2) is 23.4 Å². The molecule has 11 nitrogen and oxygen atoms in total. The van der Waals surface area contributed by atoms with Crippen LogP contribution in [-0.2, 0) is 23.1 Å². The zero-order chi connectivity index (χ0) is 27.7. The van der Waals surface area contributed by atoms with Crippen LogP contribution in [-0.4, -0.2) is 71.1 Å². The van der Waals surface area contributed by atoms with Crippen molar-refractivity contribution >= 4 is 33.4 Å². The van der Waals surface area contributed by atoms with E-state index < -0.39 is 10.0 Å². The van der Waals surface area contributed by atoms with Crippen molar-refractivity contribution in [2.24, 2.45) is 0 Å². The molecule has 1 saturated heterocycles. The van der Waals surface area contributed by atoms with E-state index in [-0.39, 0.29) is 17.8 Å². The number of piperidine rings is 1. The van der Waals surface area contributed by atoms with E-state index in [1.165, 1.54) is 12.3 Å². The third-order valence-electron chi connectivity index (χ3n) is 7.15. The number of likely N-dealkylation sites (tertiary alicyclic amines) is 1. The zero-order valence-electron chi connectivity index (χ0n) is 22.5. The first-order valence-electron chi connectivity index (χ1n) is 12.8. The summed E-state index contributed by atoms with van der Waals surface area (Å²) in [5.74, 6) is 1.34. The topological polar surface area (TPSA) is 130 Å². The summed E-state index contributed by atoms with van der Waals surface area (Å²) in [5, 5.41) is 3.29. The van der Waals surface area contributed by atoms with Gasteiger partial charge in [0.2, 0.25) is 16.0 Å². The number of carbonyl (C=O) groups excluding carboxylic acids is 1. The maximum Gasteiger partial charge on any atom is 0.254 e. The van der Waals surface area contributed by atoms with Crippen LogP contribution in [0.2, 0.25) is 0 Å². The Morgan fingerprint density at radius 2 is 1.97 bits per heavy atom. The Labute approximate surface area is 228 Å². The number of nitrogens with zero attached hydrogens (tertiary/aromatic N) is 5. The normalized spacial score (nSPS) is 19.4. The average Bonchev–Trinajstić information content (AvgIpc) is 3.30. The van der Waals surface area contributed by atoms with Gasteiger partial charge in [0.25, 0.3) is 5.91 Å². The molecule has 0 aliphatic carbocycles. The fourth-order valence-corrected chi connectivity index (χ4v) is 5.81. The molecular weight excluding hydrogens is 518 g/mol. The lowest BCUT2D eigenvalue weighted by atomic mass is 9.96. The molecule has 12 heteroatoms. The molecule has 2 aliphatic rings. The molecule has 0 radical (unpaired) electrons. The number of hydrogen-bond acceptors (Lipinski definition) is 9. The summed E-state index contributed by atoms with van der Waals surface area (Å²) in [6, 6.07) is 9.35. The molecule has 1 amide bonds. The summed E-state index contributed by atoms with van der Waals surface area (Å²) in [4.78, 5) is 30.9. The second-order valence-corrected chi connectivity index (χ2v) is 12.0. The second kappa shape index (κ2) is 10.8. The first kappa shape index (κ1) is 26.8. The van der Waals surface area contributed by atoms with Gasteiger partial charge in [0.1, 0.15) is 11.6 Å². The monoisotopic (exact) mass is 551 g/mol. The number of aromatic nitrogens is 3. The number of anilines is 3. The molecule has 4 heterocycles. The van der Waals surface area contributed by atoms with Crippen LogP contribution in [0.1, 0.15) is 46.9 Å². The number of ether oxygens (including phenoxy) is 1. The van der Waals surface area contributed by atoms with E-state index in [1.807, 2.05) is 36.2 Å². The van der Waals surface area contributed by atoms with E-state index in [9.17, 15) is 13.2 Å². The highest BCUT2D eigenvalue weighted by Gasteiger charge is 2.35. The Morgan fingerprint density at radius 3 is 2.72 bits per heavy atom. The van der Waals surface area contributed by atoms with Crippen molar-refractivity contribution in [2.75, 3.05) is 29.9 Å². The summed E-state index contributed by atoms with van der Waals surface area (Å²) >= 11 is 0. The quantitative estimate of drug-likeness (QED) is 0.454. The fourth-order valence-electron chi connectivity index (χ4n) is 5.32. The number of aryl methyl sites for hydroxylation is 1. The van der Waals surface area contributed by atoms with Crippen LogP contribution < -0.4 is 14.8 Å². The smallest absolute Gasteiger partial charge is 0.254 e. The van der Waals surface area contributed by atoms with Gasteiger partial charge in [-0.3, -0.25) is 14.4 Å². The van der Waals surface area contributed by atoms with Gasteiger partial charge in [0, 0.05) is 67.0 Å². The third-order valence-corrected chi connectivity index (χ3v) is 7.73. The lowest BCUT2D eigenvalue weighted by Crippen LogP contribution is -2.50. The van der Waals surface area contributed by atoms with Crippen molar-refractivity contribution in [2.45, 2.75) is 51.9 Å². The molecule has 1 unspecified atom stereocenters. The van der Waals surface area contributed by atoms with Crippen LogP contribution in [0.5, 0.6) is 5.75 Å². The Bertz CT molecular complexity index is 1500. The van der Waals surface area contributed by atoms with Crippen molar-refractivity contribution in [1.82, 2.24) is 24.8 Å². The van der Waals surface area contributed by atoms with Gasteiger partial charge in [-0.05, 0) is 56.5 Å². The highest BCUT2D eigenvalue weighted by Crippen LogP contribution is 2.31. The van der Waals surface area contributed by atoms with E-state index in [0.717, 1.165) is 60.4 Å². The summed E-state index contributed by atoms with van der Waals surface area (Å²) in [6.07, 6.45) is 6.06. The Morgan fingerprint density at radius 1 is 1.15 bits per heavy atom. The van der Waals surface area contributed by atoms with Gasteiger partial charge >= 0.3 is 0 Å². The largest absolute Gasteiger partial charge is 0.497 e. The number of nitrogens with one attached hydrogen (secondary N) is 2. The maximum absolute atomic E-state index is 13.3. The highest BCUT2D eigenvalue weighted by atomic mass is 32.2. The molecule has 206 valence electrons. The number of rotatable bonds is 7. The SMILES string of the molecule is COc1cc(C)cc(Nc2ncc3c(n2)CN(C2CCN(C(=O)c4ccnc(NS(C)(=O)=O)c4)[C@H](C)C2)C3)c1. The van der Waals surface area contributed by atoms with Crippen molar-refractivity contribution in [3.05, 3.63) is 65.1 Å². The van der Waals surface area contributed by atoms with Gasteiger partial charge in [-0.15, -0.1) is 0 Å². The number of fused-ring (bicyclic) bond motifs is 1. The van der Waals surface area contributed by atoms with Crippen LogP contribution in [0.15, 0.2) is 42.7 Å². The van der Waals surface area contributed by atoms with Crippen molar-refractivity contribution in [3.8, 4) is 5.75 Å². The molecule has 5 rings (SSSR count). The number of amides is 1. The Balaban J connectivity index is 1.21. The van der Waals surface area contributed by atoms with Gasteiger partial charge in [0.05, 0.1) is 19.1 Å². The molecule has 2 aliphatic heterocycles. The summed E-state index contributed by atoms with van der Waals surface area (Å²) in [7, 11) is -1.83. The standard InChI is InChI=1S/C27H33N7O4S/c1-17-9-21(13-23(10-17)38-3)30-27-29-14-20-15-33(16-24(20)31-27)22-6-8-34(18(2)11-22)26(35)19-5-7-28-25(12-19)32-39(4,36)37/h5,7,9-10,12-14,18,22H,6,8,11,15-16H2,1-4H3,(H,28,32)(H,29,30,31)/t18-,22?/m1/s1. The van der Waals surface area contributed by atoms with E-state index in [2.05, 4.69) is 31.8 Å². The summed E-state index contributed by atoms with van der Waals surface area (Å²) in [5.41, 5.74) is 4.51. The summed E-state index contributed by atoms with van der Waals surface area (Å²) < 4.78 is 30.8. The number of sulfonamides is 1. The van der Waals surface area contributed by atoms with Crippen molar-refractivity contribution in [1.29, 1.82) is 0 Å². The number of hydrogen-bond donors (Lipinski definition) is 2. The number of benzene rings is 1. The lowest BCUT2D eigenvalue weighted by Gasteiger charge is -2.41. The van der Waals surface area contributed by atoms with Crippen LogP contribution in [0, 0.1) is 6.92 Å². The van der Waals surface area contributed by atoms with Crippen molar-refractivity contribution in [3.63, 3.8) is 0 Å². The predicted molar refractivity (Wildman–Crippen MR) is 149 cm³/mol. The minimum absolute atomic E-state index is 0.0269. The molecule has 2 aromatic heterocycles. The van der Waals surface area contributed by atoms with Gasteiger partial charge in [-0.1, -0.05) is 0 Å². The van der Waals surface area contributed by atoms with Gasteiger partial charge < -0.3 is 15.0 Å². The molecule has 2 N–H and O–H groups in total. The molecular formula is C27H33N7O4S. The van der Waals surface area contributed by atoms with Gasteiger partial charge in [-0.2, -0.15) is 0 Å². The number of methoxy groups -OCH3 is 1. The van der Waals surface area contributed by atoms with Crippen LogP contribution in [0.3, 0.4) is 0 Å². The lowest BCUT2D eigenvalue weighted by molar-refractivity contribution is 0.0460. The Hall–Kier alpha value is -3.77. The Kier molecular flexibility index (Phi) is 7.41. The molecule has 39 heavy (non-hydrogen) atoms. The molecule has 1 fully saturated rings. The van der Waals surface area contributed by atoms with E-state index in [4.69, 9.17) is 9.72 Å². The van der Waals surface area contributed by atoms with Crippen LogP contribution >= 0.6 is 0 Å². The third kappa shape index (κ3) is 6.28. The van der Waals surface area contributed by atoms with E-state index in [0.29, 0.717) is 24.1 Å². The molecule has 0 bridgehead atoms. The molecule has 3 aromatic rings. The number of carbonyl (C=O) groups is 1. The predicted octanol–water partition coefficient (Wildman–Crippen LogP) is 3.31. The maximum atomic E-state index is 13.3. The van der Waals surface area contributed by atoms with Gasteiger partial charge in [0.15, 0.2) is 0 Å². The highest BCUT2D eigenvalue weighted by molar-refractivity contribution is 7.92. The first-order valence-corrected chi connectivity index (χ1v) is 14.7. The average molecular weight is 552 g/mol. The molecule has 0 saturated carbocycles. The first-order chi connectivity index (χ1) is 18.6. The molecule has 1 aromatic carbocycles. The minimum atomic E-state index is -3.48. The number of pyridine rings is 1. The second-order valence-electron chi connectivity index (χ2n) is 10.3. The molecule has 2 atom stereocenters. The van der Waals surface area contributed by atoms with Crippen LogP contribution in [0.4, 0.5) is 17.5 Å². The molecule has 0 spiro atoms. The minimum Gasteiger partial charge on any atom is -0.497 e.